The summed E-state index contributed by atoms with van der Waals surface area (Å²) >= 11 is 5.73. The number of benzene rings is 2. The van der Waals surface area contributed by atoms with E-state index in [9.17, 15) is 27.1 Å². The molecule has 2 N–H and O–H groups in total. The van der Waals surface area contributed by atoms with E-state index < -0.39 is 34.5 Å². The van der Waals surface area contributed by atoms with Gasteiger partial charge in [-0.05, 0) is 55.5 Å². The Labute approximate surface area is 191 Å². The van der Waals surface area contributed by atoms with Crippen molar-refractivity contribution in [2.75, 3.05) is 18.4 Å². The Hall–Kier alpha value is -2.07. The predicted molar refractivity (Wildman–Crippen MR) is 118 cm³/mol. The number of carbonyl (C=O) groups excluding carboxylic acids is 1. The first-order chi connectivity index (χ1) is 15.1. The Balaban J connectivity index is 1.89. The molecular weight excluding hydrogens is 462 g/mol. The molecule has 2 atom stereocenters. The number of aliphatic hydroxyl groups excluding tert-OH is 1. The van der Waals surface area contributed by atoms with E-state index >= 15 is 0 Å². The van der Waals surface area contributed by atoms with Crippen molar-refractivity contribution >= 4 is 33.2 Å². The first-order valence-corrected chi connectivity index (χ1v) is 12.1. The average Bonchev–Trinajstić information content (AvgIpc) is 2.76. The molecule has 2 aromatic rings. The smallest absolute Gasteiger partial charge is 0.255 e. The highest BCUT2D eigenvalue weighted by Gasteiger charge is 2.30. The van der Waals surface area contributed by atoms with E-state index in [1.54, 1.807) is 0 Å². The van der Waals surface area contributed by atoms with Gasteiger partial charge < -0.3 is 10.4 Å². The van der Waals surface area contributed by atoms with Crippen LogP contribution in [0.4, 0.5) is 14.5 Å². The molecule has 1 aliphatic rings. The third-order valence-electron chi connectivity index (χ3n) is 5.67. The Bertz CT molecular complexity index is 1100. The van der Waals surface area contributed by atoms with Crippen molar-refractivity contribution < 1.29 is 27.1 Å². The lowest BCUT2D eigenvalue weighted by Gasteiger charge is -2.29. The summed E-state index contributed by atoms with van der Waals surface area (Å²) in [7, 11) is -4.09. The number of hydrogen-bond donors (Lipinski definition) is 2. The van der Waals surface area contributed by atoms with Gasteiger partial charge in [0.05, 0.1) is 16.0 Å². The number of alkyl halides is 1. The summed E-state index contributed by atoms with van der Waals surface area (Å²) in [5, 5.41) is 12.5. The topological polar surface area (TPSA) is 86.7 Å². The maximum Gasteiger partial charge on any atom is 0.255 e. The molecule has 2 aromatic carbocycles. The molecule has 6 nitrogen and oxygen atoms in total. The molecule has 174 valence electrons. The Morgan fingerprint density at radius 2 is 1.97 bits per heavy atom. The fourth-order valence-corrected chi connectivity index (χ4v) is 5.56. The number of sulfonamides is 1. The van der Waals surface area contributed by atoms with E-state index in [4.69, 9.17) is 11.6 Å². The fourth-order valence-electron chi connectivity index (χ4n) is 3.66. The molecule has 1 amide bonds. The van der Waals surface area contributed by atoms with Crippen LogP contribution in [0.2, 0.25) is 5.02 Å². The van der Waals surface area contributed by atoms with Crippen LogP contribution in [0.5, 0.6) is 0 Å². The van der Waals surface area contributed by atoms with Crippen LogP contribution in [-0.2, 0) is 16.7 Å². The van der Waals surface area contributed by atoms with Gasteiger partial charge in [0, 0.05) is 29.9 Å². The monoisotopic (exact) mass is 486 g/mol. The molecule has 3 rings (SSSR count). The maximum absolute atomic E-state index is 13.6. The molecular formula is C22H25ClF2N2O4S. The van der Waals surface area contributed by atoms with E-state index in [0.29, 0.717) is 12.8 Å². The molecule has 2 unspecified atom stereocenters. The van der Waals surface area contributed by atoms with E-state index in [2.05, 4.69) is 5.32 Å². The van der Waals surface area contributed by atoms with Crippen LogP contribution in [0.25, 0.3) is 0 Å². The molecule has 0 radical (unpaired) electrons. The van der Waals surface area contributed by atoms with Crippen LogP contribution in [0.15, 0.2) is 41.3 Å². The summed E-state index contributed by atoms with van der Waals surface area (Å²) in [4.78, 5) is 12.4. The molecule has 0 aromatic heterocycles. The van der Waals surface area contributed by atoms with Crippen molar-refractivity contribution in [1.82, 2.24) is 4.31 Å². The minimum Gasteiger partial charge on any atom is -0.393 e. The number of carbonyl (C=O) groups is 1. The van der Waals surface area contributed by atoms with Crippen molar-refractivity contribution in [2.45, 2.75) is 43.9 Å². The Kier molecular flexibility index (Phi) is 7.87. The van der Waals surface area contributed by atoms with Crippen molar-refractivity contribution in [1.29, 1.82) is 0 Å². The number of aliphatic hydroxyl groups is 1. The Morgan fingerprint density at radius 1 is 1.22 bits per heavy atom. The largest absolute Gasteiger partial charge is 0.393 e. The highest BCUT2D eigenvalue weighted by Crippen LogP contribution is 2.27. The number of anilines is 1. The highest BCUT2D eigenvalue weighted by molar-refractivity contribution is 7.89. The number of rotatable bonds is 5. The van der Waals surface area contributed by atoms with Crippen molar-refractivity contribution in [3.05, 3.63) is 58.4 Å². The molecule has 1 saturated heterocycles. The van der Waals surface area contributed by atoms with E-state index in [1.807, 2.05) is 6.92 Å². The van der Waals surface area contributed by atoms with Crippen LogP contribution in [0, 0.1) is 11.7 Å². The lowest BCUT2D eigenvalue weighted by Crippen LogP contribution is -2.38. The van der Waals surface area contributed by atoms with Crippen molar-refractivity contribution in [3.8, 4) is 0 Å². The lowest BCUT2D eigenvalue weighted by molar-refractivity contribution is 0.0863. The van der Waals surface area contributed by atoms with Crippen molar-refractivity contribution in [2.24, 2.45) is 5.92 Å². The third-order valence-corrected chi connectivity index (χ3v) is 7.94. The zero-order valence-corrected chi connectivity index (χ0v) is 19.1. The molecule has 0 saturated carbocycles. The molecule has 0 bridgehead atoms. The number of hydrogen-bond acceptors (Lipinski definition) is 4. The van der Waals surface area contributed by atoms with Crippen LogP contribution in [0.1, 0.15) is 42.1 Å². The summed E-state index contributed by atoms with van der Waals surface area (Å²) in [5.41, 5.74) is 0.177. The van der Waals surface area contributed by atoms with Gasteiger partial charge in [-0.25, -0.2) is 17.2 Å². The molecule has 10 heteroatoms. The van der Waals surface area contributed by atoms with Gasteiger partial charge in [0.2, 0.25) is 10.0 Å². The normalized spacial score (nSPS) is 20.4. The molecule has 0 aliphatic carbocycles. The van der Waals surface area contributed by atoms with Gasteiger partial charge in [-0.3, -0.25) is 4.79 Å². The maximum atomic E-state index is 13.6. The molecule has 0 spiro atoms. The van der Waals surface area contributed by atoms with Gasteiger partial charge in [0.1, 0.15) is 12.5 Å². The van der Waals surface area contributed by atoms with Crippen LogP contribution in [0.3, 0.4) is 0 Å². The first-order valence-electron chi connectivity index (χ1n) is 10.3. The van der Waals surface area contributed by atoms with Crippen molar-refractivity contribution in [3.63, 3.8) is 0 Å². The number of nitrogens with zero attached hydrogens (tertiary/aromatic N) is 1. The van der Waals surface area contributed by atoms with Crippen LogP contribution in [-0.4, -0.2) is 42.9 Å². The molecule has 1 aliphatic heterocycles. The fraction of sp³-hybridized carbons (Fsp3) is 0.409. The minimum absolute atomic E-state index is 0.00178. The number of halogens is 3. The standard InChI is InChI=1S/C22H25ClF2N2O4S/c1-14-3-2-9-27(10-8-20(14)28)32(30,31)21-11-15(4-5-16(21)13-24)22(29)26-17-6-7-19(25)18(23)12-17/h4-7,11-12,14,20,28H,2-3,8-10,13H2,1H3,(H,26,29). The average molecular weight is 487 g/mol. The quantitative estimate of drug-likeness (QED) is 0.657. The van der Waals surface area contributed by atoms with E-state index in [1.165, 1.54) is 28.6 Å². The molecule has 32 heavy (non-hydrogen) atoms. The van der Waals surface area contributed by atoms with E-state index in [0.717, 1.165) is 12.1 Å². The summed E-state index contributed by atoms with van der Waals surface area (Å²) in [6, 6.07) is 7.38. The first kappa shape index (κ1) is 24.6. The second-order valence-electron chi connectivity index (χ2n) is 7.92. The summed E-state index contributed by atoms with van der Waals surface area (Å²) < 4.78 is 54.8. The third kappa shape index (κ3) is 5.46. The van der Waals surface area contributed by atoms with Gasteiger partial charge in [-0.2, -0.15) is 4.31 Å². The van der Waals surface area contributed by atoms with Gasteiger partial charge in [0.25, 0.3) is 5.91 Å². The SMILES string of the molecule is CC1CCCN(S(=O)(=O)c2cc(C(=O)Nc3ccc(F)c(Cl)c3)ccc2CF)CCC1O. The zero-order valence-electron chi connectivity index (χ0n) is 17.5. The van der Waals surface area contributed by atoms with Gasteiger partial charge in [-0.15, -0.1) is 0 Å². The second kappa shape index (κ2) is 10.2. The summed E-state index contributed by atoms with van der Waals surface area (Å²) in [6.45, 7) is 1.25. The predicted octanol–water partition coefficient (Wildman–Crippen LogP) is 4.37. The summed E-state index contributed by atoms with van der Waals surface area (Å²) in [5.74, 6) is -1.21. The van der Waals surface area contributed by atoms with Crippen LogP contribution >= 0.6 is 11.6 Å². The number of amides is 1. The van der Waals surface area contributed by atoms with Crippen LogP contribution < -0.4 is 5.32 Å². The second-order valence-corrected chi connectivity index (χ2v) is 10.2. The van der Waals surface area contributed by atoms with Gasteiger partial charge >= 0.3 is 0 Å². The Morgan fingerprint density at radius 3 is 2.66 bits per heavy atom. The molecule has 1 heterocycles. The highest BCUT2D eigenvalue weighted by atomic mass is 35.5. The van der Waals surface area contributed by atoms with Gasteiger partial charge in [-0.1, -0.05) is 24.6 Å². The minimum atomic E-state index is -4.09. The number of nitrogens with one attached hydrogen (secondary N) is 1. The zero-order chi connectivity index (χ0) is 23.5. The van der Waals surface area contributed by atoms with Gasteiger partial charge in [0.15, 0.2) is 0 Å². The molecule has 1 fully saturated rings. The van der Waals surface area contributed by atoms with E-state index in [-0.39, 0.29) is 52.2 Å². The lowest BCUT2D eigenvalue weighted by atomic mass is 9.95. The summed E-state index contributed by atoms with van der Waals surface area (Å²) in [6.07, 6.45) is 0.893.